The lowest BCUT2D eigenvalue weighted by Gasteiger charge is -2.11. The third kappa shape index (κ3) is 4.24. The van der Waals surface area contributed by atoms with Crippen molar-refractivity contribution in [1.29, 1.82) is 0 Å². The van der Waals surface area contributed by atoms with Crippen LogP contribution in [-0.2, 0) is 0 Å². The number of hydrogen-bond acceptors (Lipinski definition) is 4. The molecule has 1 aromatic carbocycles. The summed E-state index contributed by atoms with van der Waals surface area (Å²) < 4.78 is 6.04. The van der Waals surface area contributed by atoms with E-state index in [0.717, 1.165) is 10.0 Å². The van der Waals surface area contributed by atoms with Gasteiger partial charge in [0.05, 0.1) is 12.0 Å². The van der Waals surface area contributed by atoms with Gasteiger partial charge in [-0.3, -0.25) is 14.7 Å². The van der Waals surface area contributed by atoms with Crippen molar-refractivity contribution in [3.63, 3.8) is 0 Å². The van der Waals surface area contributed by atoms with Crippen molar-refractivity contribution in [3.8, 4) is 11.3 Å². The number of hydrogen-bond donors (Lipinski definition) is 2. The summed E-state index contributed by atoms with van der Waals surface area (Å²) in [5, 5.41) is 9.67. The summed E-state index contributed by atoms with van der Waals surface area (Å²) in [4.78, 5) is 24.3. The molecule has 0 saturated carbocycles. The van der Waals surface area contributed by atoms with Gasteiger partial charge in [-0.05, 0) is 37.3 Å². The van der Waals surface area contributed by atoms with Crippen LogP contribution in [0.15, 0.2) is 57.6 Å². The zero-order valence-corrected chi connectivity index (χ0v) is 15.0. The van der Waals surface area contributed by atoms with Crippen LogP contribution in [0.3, 0.4) is 0 Å². The maximum atomic E-state index is 12.3. The predicted octanol–water partition coefficient (Wildman–Crippen LogP) is 3.82. The van der Waals surface area contributed by atoms with Crippen molar-refractivity contribution in [2.75, 3.05) is 0 Å². The Morgan fingerprint density at radius 2 is 2.04 bits per heavy atom. The number of nitrogens with one attached hydrogen (secondary N) is 2. The van der Waals surface area contributed by atoms with Crippen molar-refractivity contribution >= 4 is 27.6 Å². The fourth-order valence-electron chi connectivity index (χ4n) is 2.38. The molecule has 2 heterocycles. The number of aromatic nitrogens is 2. The third-order valence-corrected chi connectivity index (χ3v) is 4.16. The Labute approximate surface area is 152 Å². The Balaban J connectivity index is 1.61. The summed E-state index contributed by atoms with van der Waals surface area (Å²) in [5.41, 5.74) is 1.92. The number of ketones is 1. The zero-order valence-electron chi connectivity index (χ0n) is 13.5. The predicted molar refractivity (Wildman–Crippen MR) is 96.3 cm³/mol. The van der Waals surface area contributed by atoms with Crippen molar-refractivity contribution in [2.45, 2.75) is 19.4 Å². The summed E-state index contributed by atoms with van der Waals surface area (Å²) in [6, 6.07) is 12.3. The van der Waals surface area contributed by atoms with E-state index in [2.05, 4.69) is 31.4 Å². The molecule has 0 radical (unpaired) electrons. The molecular weight excluding hydrogens is 386 g/mol. The van der Waals surface area contributed by atoms with E-state index in [-0.39, 0.29) is 24.2 Å². The van der Waals surface area contributed by atoms with Gasteiger partial charge >= 0.3 is 0 Å². The monoisotopic (exact) mass is 401 g/mol. The van der Waals surface area contributed by atoms with Crippen molar-refractivity contribution in [2.24, 2.45) is 0 Å². The Kier molecular flexibility index (Phi) is 5.14. The van der Waals surface area contributed by atoms with E-state index in [1.807, 2.05) is 24.3 Å². The van der Waals surface area contributed by atoms with E-state index in [9.17, 15) is 9.59 Å². The van der Waals surface area contributed by atoms with Gasteiger partial charge in [0, 0.05) is 22.5 Å². The highest BCUT2D eigenvalue weighted by Gasteiger charge is 2.17. The average molecular weight is 402 g/mol. The minimum absolute atomic E-state index is 0.155. The molecule has 3 rings (SSSR count). The largest absolute Gasteiger partial charge is 0.461 e. The van der Waals surface area contributed by atoms with Gasteiger partial charge in [0.25, 0.3) is 5.91 Å². The molecule has 0 aliphatic heterocycles. The lowest BCUT2D eigenvalue weighted by molar-refractivity contribution is 0.0904. The summed E-state index contributed by atoms with van der Waals surface area (Å²) in [6.07, 6.45) is 1.61. The van der Waals surface area contributed by atoms with E-state index >= 15 is 0 Å². The van der Waals surface area contributed by atoms with Gasteiger partial charge in [-0.15, -0.1) is 0 Å². The number of H-pyrrole nitrogens is 1. The smallest absolute Gasteiger partial charge is 0.269 e. The van der Waals surface area contributed by atoms with E-state index in [1.54, 1.807) is 25.1 Å². The highest BCUT2D eigenvalue weighted by Crippen LogP contribution is 2.20. The summed E-state index contributed by atoms with van der Waals surface area (Å²) >= 11 is 3.38. The number of aromatic amines is 1. The number of furan rings is 1. The molecule has 1 atom stereocenters. The van der Waals surface area contributed by atoms with Gasteiger partial charge in [0.2, 0.25) is 0 Å². The molecule has 2 aromatic heterocycles. The Bertz CT molecular complexity index is 869. The molecule has 1 amide bonds. The summed E-state index contributed by atoms with van der Waals surface area (Å²) in [7, 11) is 0. The molecule has 0 fully saturated rings. The second kappa shape index (κ2) is 7.48. The molecule has 3 aromatic rings. The number of carbonyl (C=O) groups is 2. The Hall–Kier alpha value is -2.67. The van der Waals surface area contributed by atoms with Gasteiger partial charge in [-0.2, -0.15) is 5.10 Å². The maximum Gasteiger partial charge on any atom is 0.269 e. The molecule has 2 N–H and O–H groups in total. The number of halogens is 1. The normalized spacial score (nSPS) is 11.9. The topological polar surface area (TPSA) is 88.0 Å². The zero-order chi connectivity index (χ0) is 17.8. The molecule has 0 saturated heterocycles. The summed E-state index contributed by atoms with van der Waals surface area (Å²) in [5.74, 6) is -0.172. The average Bonchev–Trinajstić information content (AvgIpc) is 3.27. The molecule has 0 bridgehead atoms. The second-order valence-corrected chi connectivity index (χ2v) is 6.57. The molecular formula is C18H16BrN3O3. The first-order chi connectivity index (χ1) is 12.0. The van der Waals surface area contributed by atoms with E-state index < -0.39 is 0 Å². The molecule has 128 valence electrons. The van der Waals surface area contributed by atoms with Crippen molar-refractivity contribution in [3.05, 3.63) is 64.7 Å². The minimum atomic E-state index is -0.329. The minimum Gasteiger partial charge on any atom is -0.461 e. The quantitative estimate of drug-likeness (QED) is 0.614. The van der Waals surface area contributed by atoms with Gasteiger partial charge in [-0.1, -0.05) is 28.1 Å². The Morgan fingerprint density at radius 1 is 1.28 bits per heavy atom. The van der Waals surface area contributed by atoms with E-state index in [4.69, 9.17) is 4.42 Å². The standard InChI is InChI=1S/C18H16BrN3O3/c1-11(9-16(23)17-3-2-8-25-17)20-18(24)15-10-14(21-22-15)12-4-6-13(19)7-5-12/h2-8,10-11H,9H2,1H3,(H,20,24)(H,21,22). The summed E-state index contributed by atoms with van der Waals surface area (Å²) in [6.45, 7) is 1.77. The Morgan fingerprint density at radius 3 is 2.72 bits per heavy atom. The first-order valence-electron chi connectivity index (χ1n) is 7.72. The second-order valence-electron chi connectivity index (χ2n) is 5.65. The third-order valence-electron chi connectivity index (χ3n) is 3.63. The molecule has 0 aliphatic carbocycles. The molecule has 25 heavy (non-hydrogen) atoms. The fraction of sp³-hybridized carbons (Fsp3) is 0.167. The number of nitrogens with zero attached hydrogens (tertiary/aromatic N) is 1. The number of rotatable bonds is 6. The maximum absolute atomic E-state index is 12.3. The molecule has 7 heteroatoms. The number of carbonyl (C=O) groups excluding carboxylic acids is 2. The van der Waals surface area contributed by atoms with Gasteiger partial charge in [-0.25, -0.2) is 0 Å². The van der Waals surface area contributed by atoms with Gasteiger partial charge < -0.3 is 9.73 Å². The van der Waals surface area contributed by atoms with Crippen LogP contribution >= 0.6 is 15.9 Å². The number of benzene rings is 1. The number of amides is 1. The van der Waals surface area contributed by atoms with E-state index in [1.165, 1.54) is 6.26 Å². The highest BCUT2D eigenvalue weighted by molar-refractivity contribution is 9.10. The fourth-order valence-corrected chi connectivity index (χ4v) is 2.64. The highest BCUT2D eigenvalue weighted by atomic mass is 79.9. The first-order valence-corrected chi connectivity index (χ1v) is 8.51. The van der Waals surface area contributed by atoms with Crippen LogP contribution in [0.25, 0.3) is 11.3 Å². The van der Waals surface area contributed by atoms with E-state index in [0.29, 0.717) is 17.1 Å². The van der Waals surface area contributed by atoms with Crippen LogP contribution in [0.1, 0.15) is 34.4 Å². The van der Waals surface area contributed by atoms with Crippen LogP contribution in [-0.4, -0.2) is 27.9 Å². The van der Waals surface area contributed by atoms with Crippen LogP contribution in [0.4, 0.5) is 0 Å². The van der Waals surface area contributed by atoms with Crippen LogP contribution in [0.5, 0.6) is 0 Å². The van der Waals surface area contributed by atoms with Gasteiger partial charge in [0.15, 0.2) is 11.5 Å². The first kappa shape index (κ1) is 17.2. The van der Waals surface area contributed by atoms with Crippen LogP contribution in [0, 0.1) is 0 Å². The van der Waals surface area contributed by atoms with Crippen molar-refractivity contribution in [1.82, 2.24) is 15.5 Å². The SMILES string of the molecule is CC(CC(=O)c1ccco1)NC(=O)c1cc(-c2ccc(Br)cc2)n[nH]1. The lowest BCUT2D eigenvalue weighted by atomic mass is 10.1. The molecule has 6 nitrogen and oxygen atoms in total. The molecule has 0 aliphatic rings. The van der Waals surface area contributed by atoms with Crippen LogP contribution in [0.2, 0.25) is 0 Å². The van der Waals surface area contributed by atoms with Gasteiger partial charge in [0.1, 0.15) is 5.69 Å². The lowest BCUT2D eigenvalue weighted by Crippen LogP contribution is -2.34. The number of Topliss-reactive ketones (excluding diaryl/α,β-unsaturated/α-hetero) is 1. The van der Waals surface area contributed by atoms with Crippen LogP contribution < -0.4 is 5.32 Å². The molecule has 0 spiro atoms. The van der Waals surface area contributed by atoms with Crippen molar-refractivity contribution < 1.29 is 14.0 Å². The molecule has 1 unspecified atom stereocenters.